The fourth-order valence-corrected chi connectivity index (χ4v) is 2.03. The summed E-state index contributed by atoms with van der Waals surface area (Å²) in [5, 5.41) is 10.7. The number of hydrogen-bond acceptors (Lipinski definition) is 6. The molecule has 0 bridgehead atoms. The van der Waals surface area contributed by atoms with E-state index in [1.807, 2.05) is 13.8 Å². The van der Waals surface area contributed by atoms with Gasteiger partial charge < -0.3 is 10.5 Å². The maximum Gasteiger partial charge on any atom is 0.249 e. The van der Waals surface area contributed by atoms with Gasteiger partial charge >= 0.3 is 0 Å². The Bertz CT molecular complexity index is 465. The van der Waals surface area contributed by atoms with Crippen molar-refractivity contribution >= 4 is 11.9 Å². The van der Waals surface area contributed by atoms with Gasteiger partial charge in [-0.1, -0.05) is 13.8 Å². The van der Waals surface area contributed by atoms with Gasteiger partial charge in [-0.3, -0.25) is 10.1 Å². The number of aromatic nitrogens is 3. The number of amides is 1. The van der Waals surface area contributed by atoms with Crippen LogP contribution in [-0.2, 0) is 22.4 Å². The van der Waals surface area contributed by atoms with Crippen molar-refractivity contribution in [2.24, 2.45) is 11.7 Å². The van der Waals surface area contributed by atoms with Gasteiger partial charge in [0.1, 0.15) is 0 Å². The van der Waals surface area contributed by atoms with Crippen LogP contribution in [0.1, 0.15) is 25.2 Å². The zero-order chi connectivity index (χ0) is 13.8. The van der Waals surface area contributed by atoms with Crippen LogP contribution in [0.5, 0.6) is 0 Å². The average Bonchev–Trinajstić information content (AvgIpc) is 2.85. The predicted molar refractivity (Wildman–Crippen MR) is 69.5 cm³/mol. The Morgan fingerprint density at radius 3 is 2.63 bits per heavy atom. The van der Waals surface area contributed by atoms with Crippen LogP contribution in [0.15, 0.2) is 0 Å². The van der Waals surface area contributed by atoms with E-state index in [0.29, 0.717) is 13.2 Å². The number of nitrogens with two attached hydrogens (primary N) is 1. The number of hydrogen-bond donors (Lipinski definition) is 2. The molecular weight excluding hydrogens is 246 g/mol. The highest BCUT2D eigenvalue weighted by Crippen LogP contribution is 2.14. The van der Waals surface area contributed by atoms with E-state index in [1.165, 1.54) is 0 Å². The molecule has 7 nitrogen and oxygen atoms in total. The quantitative estimate of drug-likeness (QED) is 0.788. The van der Waals surface area contributed by atoms with Crippen LogP contribution < -0.4 is 11.1 Å². The maximum atomic E-state index is 12.0. The summed E-state index contributed by atoms with van der Waals surface area (Å²) in [7, 11) is 0. The zero-order valence-corrected chi connectivity index (χ0v) is 11.2. The van der Waals surface area contributed by atoms with Crippen molar-refractivity contribution in [1.82, 2.24) is 15.2 Å². The summed E-state index contributed by atoms with van der Waals surface area (Å²) in [5.74, 6) is -0.323. The van der Waals surface area contributed by atoms with E-state index < -0.39 is 0 Å². The number of nitrogens with one attached hydrogen (secondary N) is 1. The molecule has 0 saturated carbocycles. The van der Waals surface area contributed by atoms with Gasteiger partial charge in [0.2, 0.25) is 11.9 Å². The highest BCUT2D eigenvalue weighted by Gasteiger charge is 2.31. The average molecular weight is 265 g/mol. The van der Waals surface area contributed by atoms with Gasteiger partial charge in [-0.25, -0.2) is 4.98 Å². The van der Waals surface area contributed by atoms with Crippen molar-refractivity contribution in [2.75, 3.05) is 18.5 Å². The lowest BCUT2D eigenvalue weighted by Gasteiger charge is -2.12. The van der Waals surface area contributed by atoms with E-state index in [-0.39, 0.29) is 23.8 Å². The first kappa shape index (κ1) is 13.8. The van der Waals surface area contributed by atoms with E-state index >= 15 is 0 Å². The molecule has 1 saturated heterocycles. The Hall–Kier alpha value is -1.60. The van der Waals surface area contributed by atoms with Crippen LogP contribution in [-0.4, -0.2) is 40.3 Å². The Kier molecular flexibility index (Phi) is 4.39. The molecule has 1 amide bonds. The predicted octanol–water partition coefficient (Wildman–Crippen LogP) is -0.0914. The number of anilines is 1. The minimum absolute atomic E-state index is 0.210. The maximum absolute atomic E-state index is 12.0. The highest BCUT2D eigenvalue weighted by molar-refractivity contribution is 5.91. The van der Waals surface area contributed by atoms with Gasteiger partial charge in [-0.05, 0) is 12.8 Å². The van der Waals surface area contributed by atoms with Crippen LogP contribution in [0.2, 0.25) is 0 Å². The van der Waals surface area contributed by atoms with Gasteiger partial charge in [0.05, 0.1) is 30.5 Å². The summed E-state index contributed by atoms with van der Waals surface area (Å²) in [5.41, 5.74) is 7.52. The van der Waals surface area contributed by atoms with Crippen LogP contribution in [0.3, 0.4) is 0 Å². The van der Waals surface area contributed by atoms with E-state index in [2.05, 4.69) is 20.5 Å². The minimum atomic E-state index is -0.348. The first-order valence-electron chi connectivity index (χ1n) is 6.52. The Morgan fingerprint density at radius 2 is 2.05 bits per heavy atom. The molecule has 1 aliphatic heterocycles. The lowest BCUT2D eigenvalue weighted by atomic mass is 10.0. The fraction of sp³-hybridized carbons (Fsp3) is 0.667. The summed E-state index contributed by atoms with van der Waals surface area (Å²) in [6.07, 6.45) is 1.53. The fourth-order valence-electron chi connectivity index (χ4n) is 2.03. The topological polar surface area (TPSA) is 103 Å². The van der Waals surface area contributed by atoms with Gasteiger partial charge in [-0.15, -0.1) is 10.2 Å². The molecule has 2 atom stereocenters. The van der Waals surface area contributed by atoms with Gasteiger partial charge in [0.15, 0.2) is 0 Å². The molecule has 0 aliphatic carbocycles. The number of rotatable bonds is 4. The summed E-state index contributed by atoms with van der Waals surface area (Å²) in [6, 6.07) is -0.270. The summed E-state index contributed by atoms with van der Waals surface area (Å²) in [6.45, 7) is 4.74. The normalized spacial score (nSPS) is 22.5. The number of ether oxygens (including phenoxy) is 1. The van der Waals surface area contributed by atoms with Gasteiger partial charge in [0, 0.05) is 6.04 Å². The molecule has 1 fully saturated rings. The number of aryl methyl sites for hydroxylation is 2. The molecule has 0 radical (unpaired) electrons. The monoisotopic (exact) mass is 265 g/mol. The Balaban J connectivity index is 2.08. The van der Waals surface area contributed by atoms with Crippen molar-refractivity contribution in [3.05, 3.63) is 11.4 Å². The lowest BCUT2D eigenvalue weighted by molar-refractivity contribution is -0.120. The molecule has 0 spiro atoms. The Labute approximate surface area is 112 Å². The molecule has 2 heterocycles. The van der Waals surface area contributed by atoms with E-state index in [1.54, 1.807) is 0 Å². The molecular formula is C12H19N5O2. The third-order valence-corrected chi connectivity index (χ3v) is 3.21. The third-order valence-electron chi connectivity index (χ3n) is 3.21. The first-order valence-corrected chi connectivity index (χ1v) is 6.52. The second-order valence-electron chi connectivity index (χ2n) is 4.53. The lowest BCUT2D eigenvalue weighted by Crippen LogP contribution is -2.37. The molecule has 19 heavy (non-hydrogen) atoms. The second-order valence-corrected chi connectivity index (χ2v) is 4.53. The standard InChI is InChI=1S/C12H19N5O2/c1-3-9-10(4-2)16-17-12(14-9)15-11(18)7-5-19-6-8(7)13/h7-8H,3-6,13H2,1-2H3,(H,14,15,17,18). The van der Waals surface area contributed by atoms with Crippen molar-refractivity contribution in [2.45, 2.75) is 32.7 Å². The van der Waals surface area contributed by atoms with Crippen molar-refractivity contribution in [1.29, 1.82) is 0 Å². The molecule has 104 valence electrons. The van der Waals surface area contributed by atoms with E-state index in [0.717, 1.165) is 24.2 Å². The third kappa shape index (κ3) is 3.05. The van der Waals surface area contributed by atoms with Crippen LogP contribution in [0.4, 0.5) is 5.95 Å². The van der Waals surface area contributed by atoms with Crippen molar-refractivity contribution in [3.63, 3.8) is 0 Å². The van der Waals surface area contributed by atoms with Crippen LogP contribution in [0.25, 0.3) is 0 Å². The molecule has 1 aromatic heterocycles. The number of nitrogens with zero attached hydrogens (tertiary/aromatic N) is 3. The molecule has 1 aromatic rings. The molecule has 3 N–H and O–H groups in total. The summed E-state index contributed by atoms with van der Waals surface area (Å²) in [4.78, 5) is 16.3. The smallest absolute Gasteiger partial charge is 0.249 e. The Morgan fingerprint density at radius 1 is 1.32 bits per heavy atom. The van der Waals surface area contributed by atoms with Crippen molar-refractivity contribution in [3.8, 4) is 0 Å². The largest absolute Gasteiger partial charge is 0.379 e. The second kappa shape index (κ2) is 6.03. The van der Waals surface area contributed by atoms with Gasteiger partial charge in [-0.2, -0.15) is 0 Å². The van der Waals surface area contributed by atoms with Gasteiger partial charge in [0.25, 0.3) is 0 Å². The molecule has 0 aromatic carbocycles. The molecule has 2 unspecified atom stereocenters. The molecule has 7 heteroatoms. The van der Waals surface area contributed by atoms with Crippen LogP contribution in [0, 0.1) is 5.92 Å². The summed E-state index contributed by atoms with van der Waals surface area (Å²) < 4.78 is 5.17. The van der Waals surface area contributed by atoms with E-state index in [4.69, 9.17) is 10.5 Å². The van der Waals surface area contributed by atoms with Crippen molar-refractivity contribution < 1.29 is 9.53 Å². The van der Waals surface area contributed by atoms with Crippen LogP contribution >= 0.6 is 0 Å². The molecule has 2 rings (SSSR count). The number of carbonyl (C=O) groups excluding carboxylic acids is 1. The summed E-state index contributed by atoms with van der Waals surface area (Å²) >= 11 is 0. The first-order chi connectivity index (χ1) is 9.15. The van der Waals surface area contributed by atoms with E-state index in [9.17, 15) is 4.79 Å². The SMILES string of the molecule is CCc1nnc(NC(=O)C2COCC2N)nc1CC. The highest BCUT2D eigenvalue weighted by atomic mass is 16.5. The zero-order valence-electron chi connectivity index (χ0n) is 11.2. The molecule has 1 aliphatic rings. The number of carbonyl (C=O) groups is 1. The minimum Gasteiger partial charge on any atom is -0.379 e.